The van der Waals surface area contributed by atoms with Gasteiger partial charge in [-0.3, -0.25) is 9.36 Å². The number of para-hydroxylation sites is 2. The van der Waals surface area contributed by atoms with E-state index < -0.39 is 6.43 Å². The van der Waals surface area contributed by atoms with Crippen LogP contribution in [0.1, 0.15) is 37.9 Å². The largest absolute Gasteiger partial charge is 0.472 e. The lowest BCUT2D eigenvalue weighted by Crippen LogP contribution is -2.37. The first kappa shape index (κ1) is 26.8. The molecule has 6 rings (SSSR count). The monoisotopic (exact) mass is 555 g/mol. The number of nitrogens with zero attached hydrogens (tertiary/aromatic N) is 7. The number of aromatic nitrogens is 4. The molecule has 3 aliphatic rings. The first-order valence-corrected chi connectivity index (χ1v) is 14.1. The molecule has 0 unspecified atom stereocenters. The fourth-order valence-corrected chi connectivity index (χ4v) is 5.78. The second-order valence-corrected chi connectivity index (χ2v) is 10.9. The molecule has 1 amide bonds. The Morgan fingerprint density at radius 1 is 1.05 bits per heavy atom. The van der Waals surface area contributed by atoms with Gasteiger partial charge in [-0.25, -0.2) is 13.8 Å². The summed E-state index contributed by atoms with van der Waals surface area (Å²) < 4.78 is 41.4. The summed E-state index contributed by atoms with van der Waals surface area (Å²) in [5.74, 6) is 1.16. The Morgan fingerprint density at radius 2 is 1.82 bits per heavy atom. The summed E-state index contributed by atoms with van der Waals surface area (Å²) in [6.07, 6.45) is 0.320. The summed E-state index contributed by atoms with van der Waals surface area (Å²) in [4.78, 5) is 32.7. The SMILES string of the molecule is CN1CCC(CC(=O)N2CC[C@H](Oc3cc(-n4c(C(F)F)nc5ccccc54)nc(N4CCOCC4)n3)C2)CC1. The molecule has 3 aliphatic heterocycles. The average molecular weight is 556 g/mol. The van der Waals surface area contributed by atoms with Gasteiger partial charge in [0.05, 0.1) is 30.8 Å². The molecule has 12 heteroatoms. The van der Waals surface area contributed by atoms with Gasteiger partial charge >= 0.3 is 0 Å². The van der Waals surface area contributed by atoms with Crippen molar-refractivity contribution in [3.8, 4) is 11.7 Å². The molecule has 0 radical (unpaired) electrons. The minimum atomic E-state index is -2.79. The zero-order valence-corrected chi connectivity index (χ0v) is 22.7. The maximum Gasteiger partial charge on any atom is 0.296 e. The predicted octanol–water partition coefficient (Wildman–Crippen LogP) is 3.30. The van der Waals surface area contributed by atoms with Crippen LogP contribution in [-0.2, 0) is 9.53 Å². The number of morpholine rings is 1. The number of amides is 1. The highest BCUT2D eigenvalue weighted by Gasteiger charge is 2.31. The van der Waals surface area contributed by atoms with Gasteiger partial charge in [0.25, 0.3) is 6.43 Å². The molecule has 40 heavy (non-hydrogen) atoms. The van der Waals surface area contributed by atoms with Gasteiger partial charge in [-0.2, -0.15) is 9.97 Å². The molecule has 0 N–H and O–H groups in total. The van der Waals surface area contributed by atoms with Gasteiger partial charge in [0.2, 0.25) is 17.7 Å². The number of carbonyl (C=O) groups excluding carboxylic acids is 1. The highest BCUT2D eigenvalue weighted by atomic mass is 19.3. The van der Waals surface area contributed by atoms with Crippen LogP contribution in [0.4, 0.5) is 14.7 Å². The van der Waals surface area contributed by atoms with Crippen LogP contribution in [0.15, 0.2) is 30.3 Å². The minimum absolute atomic E-state index is 0.171. The summed E-state index contributed by atoms with van der Waals surface area (Å²) in [6, 6.07) is 8.59. The van der Waals surface area contributed by atoms with Crippen LogP contribution in [0, 0.1) is 5.92 Å². The third-order valence-corrected chi connectivity index (χ3v) is 8.07. The van der Waals surface area contributed by atoms with Crippen molar-refractivity contribution >= 4 is 22.9 Å². The molecule has 3 aromatic rings. The molecule has 3 fully saturated rings. The molecule has 214 valence electrons. The van der Waals surface area contributed by atoms with Crippen LogP contribution in [0.25, 0.3) is 16.9 Å². The van der Waals surface area contributed by atoms with Crippen LogP contribution >= 0.6 is 0 Å². The minimum Gasteiger partial charge on any atom is -0.472 e. The van der Waals surface area contributed by atoms with E-state index in [-0.39, 0.29) is 23.7 Å². The van der Waals surface area contributed by atoms with Crippen molar-refractivity contribution in [3.63, 3.8) is 0 Å². The zero-order chi connectivity index (χ0) is 27.6. The lowest BCUT2D eigenvalue weighted by Gasteiger charge is -2.29. The molecule has 0 aliphatic carbocycles. The number of carbonyl (C=O) groups is 1. The van der Waals surface area contributed by atoms with E-state index in [1.165, 1.54) is 4.57 Å². The Morgan fingerprint density at radius 3 is 2.60 bits per heavy atom. The van der Waals surface area contributed by atoms with E-state index in [4.69, 9.17) is 9.47 Å². The Kier molecular flexibility index (Phi) is 7.79. The quantitative estimate of drug-likeness (QED) is 0.439. The van der Waals surface area contributed by atoms with Gasteiger partial charge in [-0.05, 0) is 51.0 Å². The Balaban J connectivity index is 1.24. The number of alkyl halides is 2. The molecule has 1 atom stereocenters. The maximum atomic E-state index is 14.1. The number of halogens is 2. The Labute approximate surface area is 231 Å². The summed E-state index contributed by atoms with van der Waals surface area (Å²) in [5, 5.41) is 0. The van der Waals surface area contributed by atoms with Crippen molar-refractivity contribution in [2.45, 2.75) is 38.2 Å². The molecule has 2 aromatic heterocycles. The van der Waals surface area contributed by atoms with E-state index in [1.54, 1.807) is 30.3 Å². The number of rotatable bonds is 7. The maximum absolute atomic E-state index is 14.1. The van der Waals surface area contributed by atoms with E-state index in [0.29, 0.717) is 81.0 Å². The van der Waals surface area contributed by atoms with E-state index in [1.807, 2.05) is 9.80 Å². The average Bonchev–Trinajstić information content (AvgIpc) is 3.60. The Hall–Kier alpha value is -3.38. The second-order valence-electron chi connectivity index (χ2n) is 10.9. The number of piperidine rings is 1. The third kappa shape index (κ3) is 5.73. The number of hydrogen-bond acceptors (Lipinski definition) is 8. The highest BCUT2D eigenvalue weighted by molar-refractivity contribution is 5.78. The fourth-order valence-electron chi connectivity index (χ4n) is 5.78. The number of imidazole rings is 1. The van der Waals surface area contributed by atoms with Crippen molar-refractivity contribution < 1.29 is 23.0 Å². The van der Waals surface area contributed by atoms with Crippen LogP contribution in [0.3, 0.4) is 0 Å². The second kappa shape index (κ2) is 11.6. The lowest BCUT2D eigenvalue weighted by atomic mass is 9.93. The van der Waals surface area contributed by atoms with Crippen molar-refractivity contribution in [2.75, 3.05) is 64.4 Å². The lowest BCUT2D eigenvalue weighted by molar-refractivity contribution is -0.131. The number of benzene rings is 1. The third-order valence-electron chi connectivity index (χ3n) is 8.07. The van der Waals surface area contributed by atoms with E-state index in [0.717, 1.165) is 25.9 Å². The molecule has 1 aromatic carbocycles. The molecule has 10 nitrogen and oxygen atoms in total. The summed E-state index contributed by atoms with van der Waals surface area (Å²) in [5.41, 5.74) is 0.989. The van der Waals surface area contributed by atoms with Crippen LogP contribution < -0.4 is 9.64 Å². The molecule has 5 heterocycles. The van der Waals surface area contributed by atoms with Gasteiger partial charge in [-0.15, -0.1) is 0 Å². The summed E-state index contributed by atoms with van der Waals surface area (Å²) in [7, 11) is 2.12. The Bertz CT molecular complexity index is 1340. The molecule has 0 bridgehead atoms. The molecule has 0 spiro atoms. The van der Waals surface area contributed by atoms with E-state index in [2.05, 4.69) is 26.9 Å². The normalized spacial score (nSPS) is 21.1. The van der Waals surface area contributed by atoms with Gasteiger partial charge < -0.3 is 24.2 Å². The molecule has 0 saturated carbocycles. The standard InChI is InChI=1S/C28H35F2N7O3/c1-34-9-6-19(7-10-34)16-25(38)36-11-8-20(18-36)40-24-17-23(32-28(33-24)35-12-14-39-15-13-35)37-22-5-3-2-4-21(22)31-27(37)26(29)30/h2-5,17,19-20,26H,6-16,18H2,1H3/t20-/m0/s1. The zero-order valence-electron chi connectivity index (χ0n) is 22.7. The van der Waals surface area contributed by atoms with Gasteiger partial charge in [0.15, 0.2) is 5.82 Å². The molecular weight excluding hydrogens is 520 g/mol. The van der Waals surface area contributed by atoms with Crippen molar-refractivity contribution in [2.24, 2.45) is 5.92 Å². The van der Waals surface area contributed by atoms with Crippen molar-refractivity contribution in [1.82, 2.24) is 29.3 Å². The van der Waals surface area contributed by atoms with Gasteiger partial charge in [0.1, 0.15) is 11.9 Å². The molecule has 3 saturated heterocycles. The number of ether oxygens (including phenoxy) is 2. The number of anilines is 1. The number of hydrogen-bond donors (Lipinski definition) is 0. The smallest absolute Gasteiger partial charge is 0.296 e. The van der Waals surface area contributed by atoms with Gasteiger partial charge in [0, 0.05) is 38.5 Å². The summed E-state index contributed by atoms with van der Waals surface area (Å²) in [6.45, 7) is 5.39. The number of likely N-dealkylation sites (tertiary alicyclic amines) is 2. The van der Waals surface area contributed by atoms with Crippen LogP contribution in [0.5, 0.6) is 5.88 Å². The predicted molar refractivity (Wildman–Crippen MR) is 145 cm³/mol. The van der Waals surface area contributed by atoms with Crippen LogP contribution in [0.2, 0.25) is 0 Å². The molecular formula is C28H35F2N7O3. The first-order chi connectivity index (χ1) is 19.4. The fraction of sp³-hybridized carbons (Fsp3) is 0.571. The van der Waals surface area contributed by atoms with Crippen molar-refractivity contribution in [1.29, 1.82) is 0 Å². The summed E-state index contributed by atoms with van der Waals surface area (Å²) >= 11 is 0. The highest BCUT2D eigenvalue weighted by Crippen LogP contribution is 2.30. The van der Waals surface area contributed by atoms with Crippen LogP contribution in [-0.4, -0.2) is 101 Å². The first-order valence-electron chi connectivity index (χ1n) is 14.1. The topological polar surface area (TPSA) is 88.9 Å². The van der Waals surface area contributed by atoms with Crippen molar-refractivity contribution in [3.05, 3.63) is 36.2 Å². The van der Waals surface area contributed by atoms with E-state index >= 15 is 0 Å². The number of fused-ring (bicyclic) bond motifs is 1. The van der Waals surface area contributed by atoms with E-state index in [9.17, 15) is 13.6 Å². The van der Waals surface area contributed by atoms with Gasteiger partial charge in [-0.1, -0.05) is 12.1 Å².